The van der Waals surface area contributed by atoms with Gasteiger partial charge >= 0.3 is 0 Å². The summed E-state index contributed by atoms with van der Waals surface area (Å²) in [5.74, 6) is 1.18. The number of hydrazone groups is 1. The van der Waals surface area contributed by atoms with Gasteiger partial charge in [0, 0.05) is 35.4 Å². The second-order valence-electron chi connectivity index (χ2n) is 8.22. The first kappa shape index (κ1) is 27.0. The first-order valence-electron chi connectivity index (χ1n) is 12.0. The number of benzene rings is 2. The number of rotatable bonds is 13. The summed E-state index contributed by atoms with van der Waals surface area (Å²) in [5.41, 5.74) is 5.37. The zero-order valence-corrected chi connectivity index (χ0v) is 22.3. The number of hydrogen-bond acceptors (Lipinski definition) is 9. The van der Waals surface area contributed by atoms with Crippen LogP contribution in [0.15, 0.2) is 58.1 Å². The highest BCUT2D eigenvalue weighted by Crippen LogP contribution is 2.21. The van der Waals surface area contributed by atoms with E-state index in [4.69, 9.17) is 0 Å². The summed E-state index contributed by atoms with van der Waals surface area (Å²) < 4.78 is 0.996. The fraction of sp³-hybridized carbons (Fsp3) is 0.360. The van der Waals surface area contributed by atoms with Crippen molar-refractivity contribution in [3.8, 4) is 0 Å². The highest BCUT2D eigenvalue weighted by Gasteiger charge is 2.14. The standard InChI is InChI=1S/C25H31BrN8O2/c1-4-6-16-33(17-7-5-2)25-29-23(27-21-12-14-22(15-13-21)34(35)36)28-24(30-25)32-31-18(3)19-8-10-20(26)11-9-19/h8-15H,4-7,16-17H2,1-3H3,(H2,27,28,29,30,32)/b31-18-. The normalized spacial score (nSPS) is 11.3. The monoisotopic (exact) mass is 554 g/mol. The van der Waals surface area contributed by atoms with E-state index in [0.717, 1.165) is 54.5 Å². The molecule has 0 aliphatic rings. The summed E-state index contributed by atoms with van der Waals surface area (Å²) in [6, 6.07) is 14.0. The van der Waals surface area contributed by atoms with E-state index in [1.807, 2.05) is 31.2 Å². The molecule has 0 saturated carbocycles. The van der Waals surface area contributed by atoms with Crippen LogP contribution >= 0.6 is 15.9 Å². The number of non-ortho nitro benzene ring substituents is 1. The number of unbranched alkanes of at least 4 members (excludes halogenated alkanes) is 2. The number of nitrogens with one attached hydrogen (secondary N) is 2. The Balaban J connectivity index is 1.91. The van der Waals surface area contributed by atoms with Crippen molar-refractivity contribution in [1.82, 2.24) is 15.0 Å². The van der Waals surface area contributed by atoms with Gasteiger partial charge in [-0.05, 0) is 49.6 Å². The van der Waals surface area contributed by atoms with Gasteiger partial charge in [0.15, 0.2) is 0 Å². The van der Waals surface area contributed by atoms with Crippen LogP contribution in [0.2, 0.25) is 0 Å². The third kappa shape index (κ3) is 7.98. The summed E-state index contributed by atoms with van der Waals surface area (Å²) in [6.45, 7) is 7.87. The molecule has 0 spiro atoms. The number of aromatic nitrogens is 3. The second-order valence-corrected chi connectivity index (χ2v) is 9.14. The van der Waals surface area contributed by atoms with E-state index in [-0.39, 0.29) is 5.69 Å². The molecule has 3 aromatic rings. The number of halogens is 1. The van der Waals surface area contributed by atoms with Gasteiger partial charge in [-0.2, -0.15) is 20.1 Å². The molecular weight excluding hydrogens is 524 g/mol. The molecule has 1 aromatic heterocycles. The number of nitrogens with zero attached hydrogens (tertiary/aromatic N) is 6. The molecule has 2 N–H and O–H groups in total. The van der Waals surface area contributed by atoms with Gasteiger partial charge in [0.1, 0.15) is 0 Å². The fourth-order valence-corrected chi connectivity index (χ4v) is 3.57. The molecule has 0 atom stereocenters. The molecule has 2 aromatic carbocycles. The molecular formula is C25H31BrN8O2. The van der Waals surface area contributed by atoms with E-state index in [1.54, 1.807) is 12.1 Å². The molecule has 0 bridgehead atoms. The largest absolute Gasteiger partial charge is 0.341 e. The van der Waals surface area contributed by atoms with Crippen molar-refractivity contribution in [3.05, 3.63) is 68.7 Å². The Bertz CT molecular complexity index is 1160. The Hall–Kier alpha value is -3.60. The van der Waals surface area contributed by atoms with Crippen LogP contribution in [0.25, 0.3) is 0 Å². The Kier molecular flexibility index (Phi) is 10.1. The number of anilines is 4. The molecule has 0 saturated heterocycles. The summed E-state index contributed by atoms with van der Waals surface area (Å²) in [4.78, 5) is 26.5. The molecule has 0 aliphatic carbocycles. The zero-order chi connectivity index (χ0) is 25.9. The molecule has 11 heteroatoms. The van der Waals surface area contributed by atoms with Crippen molar-refractivity contribution >= 4 is 50.9 Å². The lowest BCUT2D eigenvalue weighted by Crippen LogP contribution is -2.28. The van der Waals surface area contributed by atoms with Crippen molar-refractivity contribution in [1.29, 1.82) is 0 Å². The first-order chi connectivity index (χ1) is 17.4. The van der Waals surface area contributed by atoms with Gasteiger partial charge in [-0.3, -0.25) is 10.1 Å². The number of hydrogen-bond donors (Lipinski definition) is 2. The maximum absolute atomic E-state index is 11.0. The van der Waals surface area contributed by atoms with Crippen LogP contribution < -0.4 is 15.6 Å². The number of nitro benzene ring substituents is 1. The third-order valence-electron chi connectivity index (χ3n) is 5.39. The molecule has 0 fully saturated rings. The highest BCUT2D eigenvalue weighted by atomic mass is 79.9. The minimum Gasteiger partial charge on any atom is -0.341 e. The molecule has 0 aliphatic heterocycles. The molecule has 10 nitrogen and oxygen atoms in total. The topological polar surface area (TPSA) is 121 Å². The smallest absolute Gasteiger partial charge is 0.269 e. The van der Waals surface area contributed by atoms with E-state index < -0.39 is 4.92 Å². The average molecular weight is 555 g/mol. The molecule has 0 amide bonds. The van der Waals surface area contributed by atoms with Gasteiger partial charge in [0.25, 0.3) is 5.69 Å². The lowest BCUT2D eigenvalue weighted by molar-refractivity contribution is -0.384. The summed E-state index contributed by atoms with van der Waals surface area (Å²) in [6.07, 6.45) is 4.15. The van der Waals surface area contributed by atoms with Gasteiger partial charge < -0.3 is 10.2 Å². The van der Waals surface area contributed by atoms with E-state index in [1.165, 1.54) is 12.1 Å². The molecule has 36 heavy (non-hydrogen) atoms. The minimum atomic E-state index is -0.433. The van der Waals surface area contributed by atoms with Crippen molar-refractivity contribution in [3.63, 3.8) is 0 Å². The second kappa shape index (κ2) is 13.5. The Morgan fingerprint density at radius 3 is 2.17 bits per heavy atom. The van der Waals surface area contributed by atoms with Crippen molar-refractivity contribution in [2.24, 2.45) is 5.10 Å². The fourth-order valence-electron chi connectivity index (χ4n) is 3.31. The Morgan fingerprint density at radius 1 is 0.972 bits per heavy atom. The lowest BCUT2D eigenvalue weighted by Gasteiger charge is -2.23. The predicted octanol–water partition coefficient (Wildman–Crippen LogP) is 6.53. The van der Waals surface area contributed by atoms with Crippen molar-refractivity contribution in [2.75, 3.05) is 28.7 Å². The maximum Gasteiger partial charge on any atom is 0.269 e. The van der Waals surface area contributed by atoms with Crippen molar-refractivity contribution in [2.45, 2.75) is 46.5 Å². The molecule has 0 radical (unpaired) electrons. The van der Waals surface area contributed by atoms with Crippen LogP contribution in [0.3, 0.4) is 0 Å². The van der Waals surface area contributed by atoms with Gasteiger partial charge in [0.2, 0.25) is 17.8 Å². The SMILES string of the molecule is CCCCN(CCCC)c1nc(N/N=C(/C)c2ccc(Br)cc2)nc(Nc2ccc([N+](=O)[O-])cc2)n1. The molecule has 3 rings (SSSR count). The lowest BCUT2D eigenvalue weighted by atomic mass is 10.1. The molecule has 1 heterocycles. The maximum atomic E-state index is 11.0. The van der Waals surface area contributed by atoms with Crippen LogP contribution in [0.5, 0.6) is 0 Å². The Morgan fingerprint density at radius 2 is 1.58 bits per heavy atom. The minimum absolute atomic E-state index is 0.0160. The van der Waals surface area contributed by atoms with E-state index in [2.05, 4.69) is 65.5 Å². The van der Waals surface area contributed by atoms with Crippen LogP contribution in [-0.2, 0) is 0 Å². The van der Waals surface area contributed by atoms with Gasteiger partial charge in [-0.15, -0.1) is 0 Å². The average Bonchev–Trinajstić information content (AvgIpc) is 2.88. The van der Waals surface area contributed by atoms with E-state index >= 15 is 0 Å². The van der Waals surface area contributed by atoms with Crippen LogP contribution in [0, 0.1) is 10.1 Å². The molecule has 0 unspecified atom stereocenters. The van der Waals surface area contributed by atoms with Crippen molar-refractivity contribution < 1.29 is 4.92 Å². The third-order valence-corrected chi connectivity index (χ3v) is 5.92. The van der Waals surface area contributed by atoms with Crippen LogP contribution in [0.4, 0.5) is 29.2 Å². The van der Waals surface area contributed by atoms with Crippen LogP contribution in [0.1, 0.15) is 52.0 Å². The van der Waals surface area contributed by atoms with Crippen LogP contribution in [-0.4, -0.2) is 38.7 Å². The summed E-state index contributed by atoms with van der Waals surface area (Å²) in [7, 11) is 0. The quantitative estimate of drug-likeness (QED) is 0.139. The Labute approximate surface area is 219 Å². The molecule has 190 valence electrons. The number of nitro groups is 1. The van der Waals surface area contributed by atoms with E-state index in [0.29, 0.717) is 23.5 Å². The summed E-state index contributed by atoms with van der Waals surface area (Å²) >= 11 is 3.45. The van der Waals surface area contributed by atoms with Gasteiger partial charge in [0.05, 0.1) is 10.6 Å². The summed E-state index contributed by atoms with van der Waals surface area (Å²) in [5, 5.41) is 18.6. The highest BCUT2D eigenvalue weighted by molar-refractivity contribution is 9.10. The van der Waals surface area contributed by atoms with Gasteiger partial charge in [-0.1, -0.05) is 54.8 Å². The predicted molar refractivity (Wildman–Crippen MR) is 148 cm³/mol. The first-order valence-corrected chi connectivity index (χ1v) is 12.8. The van der Waals surface area contributed by atoms with E-state index in [9.17, 15) is 10.1 Å². The van der Waals surface area contributed by atoms with Gasteiger partial charge in [-0.25, -0.2) is 5.43 Å². The zero-order valence-electron chi connectivity index (χ0n) is 20.7.